The zero-order valence-corrected chi connectivity index (χ0v) is 12.3. The first-order valence-corrected chi connectivity index (χ1v) is 6.89. The molecule has 0 fully saturated rings. The van der Waals surface area contributed by atoms with Gasteiger partial charge in [0.15, 0.2) is 5.58 Å². The minimum absolute atomic E-state index is 0.0391. The van der Waals surface area contributed by atoms with E-state index in [1.807, 2.05) is 56.3 Å². The summed E-state index contributed by atoms with van der Waals surface area (Å²) in [7, 11) is 0. The number of aryl methyl sites for hydroxylation is 1. The molecule has 3 rings (SSSR count). The van der Waals surface area contributed by atoms with E-state index in [4.69, 9.17) is 9.68 Å². The molecular weight excluding hydrogens is 265 g/mol. The highest BCUT2D eigenvalue weighted by Gasteiger charge is 2.16. The van der Waals surface area contributed by atoms with E-state index in [2.05, 4.69) is 0 Å². The van der Waals surface area contributed by atoms with Crippen molar-refractivity contribution in [3.05, 3.63) is 59.6 Å². The molecule has 0 atom stereocenters. The maximum Gasteiger partial charge on any atom is 0.155 e. The highest BCUT2D eigenvalue weighted by atomic mass is 19.1. The highest BCUT2D eigenvalue weighted by Crippen LogP contribution is 2.34. The molecule has 0 saturated carbocycles. The van der Waals surface area contributed by atoms with Crippen molar-refractivity contribution < 1.29 is 8.81 Å². The molecule has 1 aromatic heterocycles. The number of halogens is 1. The van der Waals surface area contributed by atoms with Gasteiger partial charge in [-0.1, -0.05) is 44.2 Å². The molecule has 0 saturated heterocycles. The van der Waals surface area contributed by atoms with Crippen LogP contribution in [0.3, 0.4) is 0 Å². The van der Waals surface area contributed by atoms with Gasteiger partial charge in [0, 0.05) is 5.39 Å². The Bertz CT molecular complexity index is 797. The molecule has 106 valence electrons. The van der Waals surface area contributed by atoms with Gasteiger partial charge < -0.3 is 4.42 Å². The zero-order valence-electron chi connectivity index (χ0n) is 12.3. The number of furan rings is 1. The number of rotatable bonds is 1. The topological polar surface area (TPSA) is 36.9 Å². The molecule has 0 amide bonds. The lowest BCUT2D eigenvalue weighted by Gasteiger charge is -2.05. The Labute approximate surface area is 123 Å². The van der Waals surface area contributed by atoms with Gasteiger partial charge in [-0.15, -0.1) is 0 Å². The molecule has 3 aromatic rings. The molecule has 0 aliphatic rings. The summed E-state index contributed by atoms with van der Waals surface area (Å²) in [6, 6.07) is 14.6. The van der Waals surface area contributed by atoms with Crippen LogP contribution in [0.15, 0.2) is 46.9 Å². The minimum Gasteiger partial charge on any atom is -0.460 e. The van der Waals surface area contributed by atoms with Crippen molar-refractivity contribution in [2.24, 2.45) is 0 Å². The van der Waals surface area contributed by atoms with Crippen LogP contribution < -0.4 is 0 Å². The fourth-order valence-electron chi connectivity index (χ4n) is 2.25. The van der Waals surface area contributed by atoms with Gasteiger partial charge >= 0.3 is 0 Å². The second-order valence-electron chi connectivity index (χ2n) is 4.36. The molecule has 0 spiro atoms. The fourth-order valence-corrected chi connectivity index (χ4v) is 2.25. The number of hydrogen-bond donors (Lipinski definition) is 0. The van der Waals surface area contributed by atoms with E-state index < -0.39 is 5.82 Å². The SMILES string of the molecule is CC.Cc1cc2c(-c3ccccc3)cc(F)c(C#N)c2o1. The Morgan fingerprint density at radius 3 is 2.38 bits per heavy atom. The van der Waals surface area contributed by atoms with Crippen LogP contribution in [-0.2, 0) is 0 Å². The fraction of sp³-hybridized carbons (Fsp3) is 0.167. The number of nitrogens with zero attached hydrogens (tertiary/aromatic N) is 1. The van der Waals surface area contributed by atoms with Crippen molar-refractivity contribution in [3.8, 4) is 17.2 Å². The van der Waals surface area contributed by atoms with Crippen molar-refractivity contribution in [2.75, 3.05) is 0 Å². The Hall–Kier alpha value is -2.60. The summed E-state index contributed by atoms with van der Waals surface area (Å²) in [6.07, 6.45) is 0. The van der Waals surface area contributed by atoms with E-state index in [0.717, 1.165) is 16.5 Å². The summed E-state index contributed by atoms with van der Waals surface area (Å²) in [5.41, 5.74) is 1.92. The highest BCUT2D eigenvalue weighted by molar-refractivity contribution is 5.97. The van der Waals surface area contributed by atoms with Crippen LogP contribution in [0.4, 0.5) is 4.39 Å². The monoisotopic (exact) mass is 281 g/mol. The second-order valence-corrected chi connectivity index (χ2v) is 4.36. The standard InChI is InChI=1S/C16H10FNO.C2H6/c1-10-7-13-12(11-5-3-2-4-6-11)8-15(17)14(9-18)16(13)19-10;1-2/h2-8H,1H3;1-2H3. The van der Waals surface area contributed by atoms with Crippen LogP contribution in [0.25, 0.3) is 22.1 Å². The van der Waals surface area contributed by atoms with Crippen molar-refractivity contribution in [3.63, 3.8) is 0 Å². The minimum atomic E-state index is -0.553. The lowest BCUT2D eigenvalue weighted by molar-refractivity contribution is 0.569. The van der Waals surface area contributed by atoms with E-state index in [0.29, 0.717) is 11.3 Å². The average Bonchev–Trinajstić information content (AvgIpc) is 2.90. The van der Waals surface area contributed by atoms with Gasteiger partial charge in [-0.05, 0) is 30.2 Å². The first kappa shape index (κ1) is 14.8. The summed E-state index contributed by atoms with van der Waals surface area (Å²) in [4.78, 5) is 0. The number of fused-ring (bicyclic) bond motifs is 1. The molecule has 0 bridgehead atoms. The predicted molar refractivity (Wildman–Crippen MR) is 82.4 cm³/mol. The normalized spacial score (nSPS) is 9.86. The van der Waals surface area contributed by atoms with Crippen LogP contribution in [-0.4, -0.2) is 0 Å². The largest absolute Gasteiger partial charge is 0.460 e. The Morgan fingerprint density at radius 2 is 1.76 bits per heavy atom. The van der Waals surface area contributed by atoms with Gasteiger partial charge in [0.2, 0.25) is 0 Å². The van der Waals surface area contributed by atoms with Crippen LogP contribution in [0.5, 0.6) is 0 Å². The molecular formula is C18H16FNO. The van der Waals surface area contributed by atoms with Crippen LogP contribution in [0, 0.1) is 24.1 Å². The van der Waals surface area contributed by atoms with Gasteiger partial charge in [-0.3, -0.25) is 0 Å². The number of hydrogen-bond acceptors (Lipinski definition) is 2. The summed E-state index contributed by atoms with van der Waals surface area (Å²) >= 11 is 0. The van der Waals surface area contributed by atoms with E-state index in [9.17, 15) is 4.39 Å². The third-order valence-corrected chi connectivity index (χ3v) is 3.08. The van der Waals surface area contributed by atoms with Crippen molar-refractivity contribution >= 4 is 11.0 Å². The Kier molecular flexibility index (Phi) is 4.39. The molecule has 21 heavy (non-hydrogen) atoms. The molecule has 0 unspecified atom stereocenters. The Morgan fingerprint density at radius 1 is 1.10 bits per heavy atom. The first-order chi connectivity index (χ1) is 10.2. The maximum absolute atomic E-state index is 14.0. The third-order valence-electron chi connectivity index (χ3n) is 3.08. The first-order valence-electron chi connectivity index (χ1n) is 6.89. The van der Waals surface area contributed by atoms with E-state index in [1.54, 1.807) is 6.92 Å². The van der Waals surface area contributed by atoms with Gasteiger partial charge in [0.1, 0.15) is 23.2 Å². The van der Waals surface area contributed by atoms with Crippen molar-refractivity contribution in [1.29, 1.82) is 5.26 Å². The van der Waals surface area contributed by atoms with Gasteiger partial charge in [0.25, 0.3) is 0 Å². The van der Waals surface area contributed by atoms with E-state index in [1.165, 1.54) is 6.07 Å². The van der Waals surface area contributed by atoms with E-state index in [-0.39, 0.29) is 5.56 Å². The lowest BCUT2D eigenvalue weighted by atomic mass is 9.99. The molecule has 2 nitrogen and oxygen atoms in total. The number of benzene rings is 2. The molecule has 0 radical (unpaired) electrons. The second kappa shape index (κ2) is 6.23. The van der Waals surface area contributed by atoms with Crippen molar-refractivity contribution in [1.82, 2.24) is 0 Å². The van der Waals surface area contributed by atoms with Gasteiger partial charge in [-0.2, -0.15) is 5.26 Å². The summed E-state index contributed by atoms with van der Waals surface area (Å²) < 4.78 is 19.5. The smallest absolute Gasteiger partial charge is 0.155 e. The molecule has 2 aromatic carbocycles. The third kappa shape index (κ3) is 2.66. The molecule has 0 aliphatic carbocycles. The molecule has 3 heteroatoms. The molecule has 0 aliphatic heterocycles. The number of nitriles is 1. The lowest BCUT2D eigenvalue weighted by Crippen LogP contribution is -1.88. The summed E-state index contributed by atoms with van der Waals surface area (Å²) in [5, 5.41) is 9.80. The summed E-state index contributed by atoms with van der Waals surface area (Å²) in [5.74, 6) is 0.109. The Balaban J connectivity index is 0.000000774. The molecule has 0 N–H and O–H groups in total. The van der Waals surface area contributed by atoms with Crippen LogP contribution in [0.2, 0.25) is 0 Å². The van der Waals surface area contributed by atoms with E-state index >= 15 is 0 Å². The van der Waals surface area contributed by atoms with Gasteiger partial charge in [0.05, 0.1) is 0 Å². The maximum atomic E-state index is 14.0. The van der Waals surface area contributed by atoms with Crippen LogP contribution in [0.1, 0.15) is 25.2 Å². The summed E-state index contributed by atoms with van der Waals surface area (Å²) in [6.45, 7) is 5.79. The quantitative estimate of drug-likeness (QED) is 0.595. The van der Waals surface area contributed by atoms with Crippen molar-refractivity contribution in [2.45, 2.75) is 20.8 Å². The molecule has 1 heterocycles. The average molecular weight is 281 g/mol. The predicted octanol–water partition coefficient (Wildman–Crippen LogP) is 5.45. The van der Waals surface area contributed by atoms with Crippen LogP contribution >= 0.6 is 0 Å². The zero-order chi connectivity index (χ0) is 15.4. The van der Waals surface area contributed by atoms with Gasteiger partial charge in [-0.25, -0.2) is 4.39 Å².